The Morgan fingerprint density at radius 2 is 1.95 bits per heavy atom. The van der Waals surface area contributed by atoms with Crippen LogP contribution in [-0.2, 0) is 10.3 Å². The molecule has 0 aromatic heterocycles. The van der Waals surface area contributed by atoms with Gasteiger partial charge >= 0.3 is 5.97 Å². The zero-order chi connectivity index (χ0) is 14.9. The van der Waals surface area contributed by atoms with Crippen LogP contribution in [0.1, 0.15) is 29.1 Å². The molecule has 0 fully saturated rings. The van der Waals surface area contributed by atoms with E-state index in [0.29, 0.717) is 11.3 Å². The predicted molar refractivity (Wildman–Crippen MR) is 82.1 cm³/mol. The summed E-state index contributed by atoms with van der Waals surface area (Å²) in [5.74, 6) is -0.430. The van der Waals surface area contributed by atoms with Gasteiger partial charge in [0.2, 0.25) is 0 Å². The average molecular weight is 320 g/mol. The Kier molecular flexibility index (Phi) is 2.37. The van der Waals surface area contributed by atoms with Crippen LogP contribution in [-0.4, -0.2) is 10.5 Å². The van der Waals surface area contributed by atoms with Crippen molar-refractivity contribution >= 4 is 39.1 Å². The fourth-order valence-corrected chi connectivity index (χ4v) is 4.20. The van der Waals surface area contributed by atoms with Crippen molar-refractivity contribution in [2.24, 2.45) is 0 Å². The first-order valence-electron chi connectivity index (χ1n) is 6.41. The predicted octanol–water partition coefficient (Wildman–Crippen LogP) is 3.55. The highest BCUT2D eigenvalue weighted by Gasteiger charge is 2.43. The lowest BCUT2D eigenvalue weighted by Gasteiger charge is -2.16. The van der Waals surface area contributed by atoms with Gasteiger partial charge < -0.3 is 4.74 Å². The molecule has 0 atom stereocenters. The van der Waals surface area contributed by atoms with E-state index in [9.17, 15) is 9.59 Å². The molecular weight excluding hydrogens is 310 g/mol. The number of esters is 1. The molecule has 0 N–H and O–H groups in total. The van der Waals surface area contributed by atoms with Crippen LogP contribution in [0.2, 0.25) is 5.02 Å². The number of cyclic esters (lactones) is 1. The van der Waals surface area contributed by atoms with Gasteiger partial charge in [-0.05, 0) is 26.0 Å². The Morgan fingerprint density at radius 3 is 2.71 bits per heavy atom. The van der Waals surface area contributed by atoms with E-state index in [2.05, 4.69) is 0 Å². The van der Waals surface area contributed by atoms with Crippen molar-refractivity contribution in [3.63, 3.8) is 0 Å². The van der Waals surface area contributed by atoms with Gasteiger partial charge in [0.15, 0.2) is 0 Å². The van der Waals surface area contributed by atoms with E-state index in [1.807, 2.05) is 38.1 Å². The summed E-state index contributed by atoms with van der Waals surface area (Å²) in [6.07, 6.45) is 0. The molecule has 106 valence electrons. The maximum Gasteiger partial charge on any atom is 0.342 e. The van der Waals surface area contributed by atoms with Crippen molar-refractivity contribution in [1.29, 1.82) is 0 Å². The van der Waals surface area contributed by atoms with Gasteiger partial charge in [-0.3, -0.25) is 9.36 Å². The molecule has 0 saturated carbocycles. The molecule has 1 aromatic rings. The van der Waals surface area contributed by atoms with Gasteiger partial charge in [-0.1, -0.05) is 23.7 Å². The molecule has 0 aliphatic carbocycles. The van der Waals surface area contributed by atoms with E-state index in [0.717, 1.165) is 15.1 Å². The number of ether oxygens (including phenoxy) is 1. The Bertz CT molecular complexity index is 954. The molecule has 3 heterocycles. The Hall–Kier alpha value is -1.85. The van der Waals surface area contributed by atoms with E-state index in [1.54, 1.807) is 0 Å². The summed E-state index contributed by atoms with van der Waals surface area (Å²) in [5.41, 5.74) is 0.620. The number of carbonyl (C=O) groups is 1. The second-order valence-electron chi connectivity index (χ2n) is 5.48. The Balaban J connectivity index is 2.32. The number of rotatable bonds is 0. The summed E-state index contributed by atoms with van der Waals surface area (Å²) in [5, 5.41) is 0.0921. The highest BCUT2D eigenvalue weighted by atomic mass is 35.5. The van der Waals surface area contributed by atoms with Crippen molar-refractivity contribution in [3.05, 3.63) is 50.1 Å². The van der Waals surface area contributed by atoms with Gasteiger partial charge in [0.05, 0.1) is 20.8 Å². The molecule has 3 aliphatic heterocycles. The minimum atomic E-state index is -0.719. The summed E-state index contributed by atoms with van der Waals surface area (Å²) in [4.78, 5) is 25.2. The van der Waals surface area contributed by atoms with Crippen molar-refractivity contribution in [2.45, 2.75) is 19.4 Å². The van der Waals surface area contributed by atoms with Gasteiger partial charge in [0, 0.05) is 0 Å². The Labute approximate surface area is 128 Å². The highest BCUT2D eigenvalue weighted by Crippen LogP contribution is 2.45. The molecule has 0 spiro atoms. The topological polar surface area (TPSA) is 48.3 Å². The van der Waals surface area contributed by atoms with E-state index >= 15 is 0 Å². The number of halogens is 1. The SMILES string of the molecule is CC1(C)OC(=O)c2c1sc1ccccc1n1c(=O)c(Cl)c2-1. The zero-order valence-corrected chi connectivity index (χ0v) is 12.8. The molecule has 0 saturated heterocycles. The van der Waals surface area contributed by atoms with Crippen LogP contribution in [0.15, 0.2) is 29.1 Å². The normalized spacial score (nSPS) is 16.4. The van der Waals surface area contributed by atoms with E-state index < -0.39 is 11.6 Å². The third kappa shape index (κ3) is 1.50. The van der Waals surface area contributed by atoms with Gasteiger partial charge in [-0.2, -0.15) is 0 Å². The number of hydrogen-bond donors (Lipinski definition) is 0. The number of nitrogens with zero attached hydrogens (tertiary/aromatic N) is 1. The van der Waals surface area contributed by atoms with Crippen LogP contribution < -0.4 is 5.56 Å². The molecule has 6 heteroatoms. The van der Waals surface area contributed by atoms with Crippen molar-refractivity contribution < 1.29 is 9.53 Å². The van der Waals surface area contributed by atoms with Crippen LogP contribution in [0.4, 0.5) is 0 Å². The fraction of sp³-hybridized carbons (Fsp3) is 0.200. The quantitative estimate of drug-likeness (QED) is 0.595. The molecule has 4 rings (SSSR count). The van der Waals surface area contributed by atoms with Crippen LogP contribution >= 0.6 is 22.9 Å². The number of para-hydroxylation sites is 1. The van der Waals surface area contributed by atoms with Gasteiger partial charge in [-0.25, -0.2) is 4.79 Å². The molecule has 0 bridgehead atoms. The number of carbonyl (C=O) groups excluding carboxylic acids is 1. The second-order valence-corrected chi connectivity index (χ2v) is 6.91. The maximum absolute atomic E-state index is 12.2. The standard InChI is InChI=1S/C15H10ClNO3S/c1-15(2)12-9(14(19)20-15)11-10(16)13(18)17(11)7-5-3-4-6-8(7)21-12/h3-6H,1-2H3. The first-order valence-corrected chi connectivity index (χ1v) is 7.61. The van der Waals surface area contributed by atoms with E-state index in [1.165, 1.54) is 15.9 Å². The molecule has 0 unspecified atom stereocenters. The first kappa shape index (κ1) is 12.9. The van der Waals surface area contributed by atoms with E-state index in [-0.39, 0.29) is 10.6 Å². The molecule has 3 aliphatic rings. The second kappa shape index (κ2) is 3.87. The van der Waals surface area contributed by atoms with Crippen molar-refractivity contribution in [2.75, 3.05) is 0 Å². The largest absolute Gasteiger partial charge is 0.450 e. The summed E-state index contributed by atoms with van der Waals surface area (Å²) in [6, 6.07) is 7.53. The smallest absolute Gasteiger partial charge is 0.342 e. The molecule has 0 amide bonds. The highest BCUT2D eigenvalue weighted by molar-refractivity contribution is 7.18. The third-order valence-corrected chi connectivity index (χ3v) is 5.51. The van der Waals surface area contributed by atoms with Gasteiger partial charge in [-0.15, -0.1) is 11.3 Å². The van der Waals surface area contributed by atoms with Crippen LogP contribution in [0.5, 0.6) is 0 Å². The minimum Gasteiger partial charge on any atom is -0.450 e. The van der Waals surface area contributed by atoms with E-state index in [4.69, 9.17) is 16.3 Å². The van der Waals surface area contributed by atoms with Crippen LogP contribution in [0.25, 0.3) is 15.9 Å². The lowest BCUT2D eigenvalue weighted by atomic mass is 10.0. The maximum atomic E-state index is 12.2. The lowest BCUT2D eigenvalue weighted by Crippen LogP contribution is -2.29. The van der Waals surface area contributed by atoms with Gasteiger partial charge in [0.25, 0.3) is 5.56 Å². The molecule has 4 nitrogen and oxygen atoms in total. The van der Waals surface area contributed by atoms with Gasteiger partial charge in [0.1, 0.15) is 16.2 Å². The summed E-state index contributed by atoms with van der Waals surface area (Å²) < 4.78 is 7.84. The van der Waals surface area contributed by atoms with Crippen molar-refractivity contribution in [3.8, 4) is 5.69 Å². The molecule has 21 heavy (non-hydrogen) atoms. The third-order valence-electron chi connectivity index (χ3n) is 3.70. The monoisotopic (exact) mass is 319 g/mol. The lowest BCUT2D eigenvalue weighted by molar-refractivity contribution is 0.0105. The molecule has 1 aromatic carbocycles. The number of fused-ring (bicyclic) bond motifs is 5. The zero-order valence-electron chi connectivity index (χ0n) is 11.3. The molecular formula is C15H10ClNO3S. The summed E-state index contributed by atoms with van der Waals surface area (Å²) in [7, 11) is 0. The average Bonchev–Trinajstić information content (AvgIpc) is 2.61. The molecule has 0 radical (unpaired) electrons. The first-order chi connectivity index (χ1) is 9.92. The fourth-order valence-electron chi connectivity index (χ4n) is 2.74. The number of aromatic nitrogens is 1. The van der Waals surface area contributed by atoms with Crippen molar-refractivity contribution in [1.82, 2.24) is 4.57 Å². The minimum absolute atomic E-state index is 0.0921. The number of hydrogen-bond acceptors (Lipinski definition) is 4. The summed E-state index contributed by atoms with van der Waals surface area (Å²) >= 11 is 7.53. The summed E-state index contributed by atoms with van der Waals surface area (Å²) in [6.45, 7) is 3.68. The van der Waals surface area contributed by atoms with Crippen LogP contribution in [0.3, 0.4) is 0 Å². The number of benzene rings is 1. The Morgan fingerprint density at radius 1 is 1.24 bits per heavy atom. The van der Waals surface area contributed by atoms with Crippen LogP contribution in [0, 0.1) is 0 Å².